The van der Waals surface area contributed by atoms with Crippen molar-refractivity contribution in [1.29, 1.82) is 0 Å². The molecule has 0 bridgehead atoms. The van der Waals surface area contributed by atoms with Crippen LogP contribution in [0.3, 0.4) is 0 Å². The first-order chi connectivity index (χ1) is 14.7. The summed E-state index contributed by atoms with van der Waals surface area (Å²) in [5, 5.41) is 5.61. The third-order valence-corrected chi connectivity index (χ3v) is 6.81. The predicted octanol–water partition coefficient (Wildman–Crippen LogP) is 4.76. The number of nitrogens with one attached hydrogen (secondary N) is 1. The van der Waals surface area contributed by atoms with E-state index in [9.17, 15) is 9.59 Å². The molecule has 3 heterocycles. The van der Waals surface area contributed by atoms with Gasteiger partial charge in [0.2, 0.25) is 0 Å². The Balaban J connectivity index is 1.52. The summed E-state index contributed by atoms with van der Waals surface area (Å²) in [5.74, 6) is -0.275. The van der Waals surface area contributed by atoms with Crippen LogP contribution in [0, 0.1) is 0 Å². The first-order valence-corrected chi connectivity index (χ1v) is 11.7. The van der Waals surface area contributed by atoms with E-state index in [1.54, 1.807) is 17.4 Å². The second-order valence-corrected chi connectivity index (χ2v) is 8.83. The molecule has 30 heavy (non-hydrogen) atoms. The molecule has 1 atom stereocenters. The molecule has 0 radical (unpaired) electrons. The van der Waals surface area contributed by atoms with Crippen molar-refractivity contribution >= 4 is 28.2 Å². The molecule has 4 rings (SSSR count). The zero-order valence-electron chi connectivity index (χ0n) is 17.4. The Hall–Kier alpha value is -2.44. The minimum Gasteiger partial charge on any atom is -0.451 e. The minimum absolute atomic E-state index is 0.0672. The molecule has 1 aromatic carbocycles. The van der Waals surface area contributed by atoms with Crippen LogP contribution in [-0.2, 0) is 6.42 Å². The van der Waals surface area contributed by atoms with Crippen LogP contribution in [0.15, 0.2) is 51.0 Å². The van der Waals surface area contributed by atoms with Gasteiger partial charge in [-0.3, -0.25) is 14.5 Å². The highest BCUT2D eigenvalue weighted by molar-refractivity contribution is 7.10. The van der Waals surface area contributed by atoms with Crippen LogP contribution in [-0.4, -0.2) is 30.4 Å². The van der Waals surface area contributed by atoms with E-state index in [1.807, 2.05) is 19.1 Å². The summed E-state index contributed by atoms with van der Waals surface area (Å²) in [5.41, 5.74) is 1.34. The molecule has 0 unspecified atom stereocenters. The van der Waals surface area contributed by atoms with E-state index in [-0.39, 0.29) is 23.1 Å². The highest BCUT2D eigenvalue weighted by Crippen LogP contribution is 2.27. The number of rotatable bonds is 6. The summed E-state index contributed by atoms with van der Waals surface area (Å²) in [4.78, 5) is 29.1. The normalized spacial score (nSPS) is 16.3. The summed E-state index contributed by atoms with van der Waals surface area (Å²) in [6.07, 6.45) is 5.76. The van der Waals surface area contributed by atoms with E-state index in [0.29, 0.717) is 17.5 Å². The molecule has 1 saturated heterocycles. The lowest BCUT2D eigenvalue weighted by Crippen LogP contribution is -2.38. The summed E-state index contributed by atoms with van der Waals surface area (Å²) in [6.45, 7) is 4.63. The maximum Gasteiger partial charge on any atom is 0.287 e. The lowest BCUT2D eigenvalue weighted by Gasteiger charge is -2.30. The molecule has 3 aromatic rings. The van der Waals surface area contributed by atoms with Gasteiger partial charge in [0.05, 0.1) is 11.4 Å². The van der Waals surface area contributed by atoms with Crippen molar-refractivity contribution in [3.05, 3.63) is 68.2 Å². The Morgan fingerprint density at radius 2 is 1.97 bits per heavy atom. The molecule has 6 heteroatoms. The van der Waals surface area contributed by atoms with E-state index in [0.717, 1.165) is 25.1 Å². The van der Waals surface area contributed by atoms with Crippen LogP contribution < -0.4 is 10.7 Å². The van der Waals surface area contributed by atoms with Crippen LogP contribution in [0.1, 0.15) is 59.6 Å². The number of fused-ring (bicyclic) bond motifs is 1. The number of likely N-dealkylation sites (tertiary alicyclic amines) is 1. The lowest BCUT2D eigenvalue weighted by molar-refractivity contribution is 0.0907. The Labute approximate surface area is 180 Å². The first-order valence-electron chi connectivity index (χ1n) is 10.8. The average Bonchev–Trinajstić information content (AvgIpc) is 3.16. The Morgan fingerprint density at radius 1 is 1.17 bits per heavy atom. The number of aryl methyl sites for hydroxylation is 1. The number of amides is 1. The molecule has 158 valence electrons. The van der Waals surface area contributed by atoms with Crippen molar-refractivity contribution in [2.75, 3.05) is 19.6 Å². The largest absolute Gasteiger partial charge is 0.451 e. The second kappa shape index (κ2) is 9.58. The van der Waals surface area contributed by atoms with Crippen molar-refractivity contribution in [2.45, 2.75) is 45.1 Å². The molecule has 1 aliphatic rings. The van der Waals surface area contributed by atoms with Gasteiger partial charge in [0.15, 0.2) is 11.2 Å². The van der Waals surface area contributed by atoms with Crippen molar-refractivity contribution in [1.82, 2.24) is 10.2 Å². The van der Waals surface area contributed by atoms with Crippen molar-refractivity contribution in [3.8, 4) is 0 Å². The number of carbonyl (C=O) groups is 1. The van der Waals surface area contributed by atoms with Gasteiger partial charge < -0.3 is 9.73 Å². The van der Waals surface area contributed by atoms with E-state index in [2.05, 4.69) is 27.7 Å². The monoisotopic (exact) mass is 424 g/mol. The third-order valence-electron chi connectivity index (χ3n) is 5.83. The fourth-order valence-electron chi connectivity index (χ4n) is 4.11. The molecular weight excluding hydrogens is 396 g/mol. The summed E-state index contributed by atoms with van der Waals surface area (Å²) in [6, 6.07) is 11.2. The van der Waals surface area contributed by atoms with E-state index >= 15 is 0 Å². The van der Waals surface area contributed by atoms with Crippen LogP contribution in [0.2, 0.25) is 0 Å². The molecule has 1 amide bonds. The van der Waals surface area contributed by atoms with Gasteiger partial charge in [0, 0.05) is 17.5 Å². The number of nitrogens with zero attached hydrogens (tertiary/aromatic N) is 1. The van der Waals surface area contributed by atoms with E-state index in [4.69, 9.17) is 4.42 Å². The molecular formula is C24H28N2O3S. The SMILES string of the molecule is CCc1ccc2oc(C(=O)NC[C@@H](c3cccs3)N3CCCCCC3)cc(=O)c2c1. The van der Waals surface area contributed by atoms with Crippen LogP contribution in [0.25, 0.3) is 11.0 Å². The standard InChI is InChI=1S/C24H28N2O3S/c1-2-17-9-10-21-18(14-17)20(27)15-22(29-21)24(28)25-16-19(23-8-7-13-30-23)26-11-5-3-4-6-12-26/h7-10,13-15,19H,2-6,11-12,16H2,1H3,(H,25,28)/t19-/m0/s1. The zero-order valence-corrected chi connectivity index (χ0v) is 18.2. The van der Waals surface area contributed by atoms with E-state index in [1.165, 1.54) is 36.6 Å². The van der Waals surface area contributed by atoms with Crippen LogP contribution in [0.5, 0.6) is 0 Å². The fourth-order valence-corrected chi connectivity index (χ4v) is 4.97. The van der Waals surface area contributed by atoms with Gasteiger partial charge >= 0.3 is 0 Å². The minimum atomic E-state index is -0.343. The van der Waals surface area contributed by atoms with Gasteiger partial charge in [0.25, 0.3) is 5.91 Å². The van der Waals surface area contributed by atoms with Gasteiger partial charge in [-0.05, 0) is 61.5 Å². The van der Waals surface area contributed by atoms with Gasteiger partial charge in [-0.1, -0.05) is 31.9 Å². The Bertz CT molecular complexity index is 1050. The lowest BCUT2D eigenvalue weighted by atomic mass is 10.1. The average molecular weight is 425 g/mol. The molecule has 0 spiro atoms. The maximum absolute atomic E-state index is 12.8. The van der Waals surface area contributed by atoms with Gasteiger partial charge in [-0.2, -0.15) is 0 Å². The smallest absolute Gasteiger partial charge is 0.287 e. The number of carbonyl (C=O) groups excluding carboxylic acids is 1. The van der Waals surface area contributed by atoms with Gasteiger partial charge in [-0.25, -0.2) is 0 Å². The summed E-state index contributed by atoms with van der Waals surface area (Å²) in [7, 11) is 0. The third kappa shape index (κ3) is 4.65. The number of hydrogen-bond acceptors (Lipinski definition) is 5. The van der Waals surface area contributed by atoms with E-state index < -0.39 is 0 Å². The molecule has 1 N–H and O–H groups in total. The summed E-state index contributed by atoms with van der Waals surface area (Å²) >= 11 is 1.72. The first kappa shape index (κ1) is 20.8. The van der Waals surface area contributed by atoms with Crippen molar-refractivity contribution in [2.24, 2.45) is 0 Å². The van der Waals surface area contributed by atoms with Crippen molar-refractivity contribution < 1.29 is 9.21 Å². The molecule has 5 nitrogen and oxygen atoms in total. The number of hydrogen-bond donors (Lipinski definition) is 1. The predicted molar refractivity (Wildman–Crippen MR) is 121 cm³/mol. The number of thiophene rings is 1. The highest BCUT2D eigenvalue weighted by atomic mass is 32.1. The number of benzene rings is 1. The van der Waals surface area contributed by atoms with Crippen LogP contribution >= 0.6 is 11.3 Å². The quantitative estimate of drug-likeness (QED) is 0.619. The maximum atomic E-state index is 12.8. The Kier molecular flexibility index (Phi) is 6.65. The highest BCUT2D eigenvalue weighted by Gasteiger charge is 2.24. The van der Waals surface area contributed by atoms with Crippen LogP contribution in [0.4, 0.5) is 0 Å². The van der Waals surface area contributed by atoms with Crippen molar-refractivity contribution in [3.63, 3.8) is 0 Å². The second-order valence-electron chi connectivity index (χ2n) is 7.85. The molecule has 0 aliphatic carbocycles. The topological polar surface area (TPSA) is 62.6 Å². The van der Waals surface area contributed by atoms with Gasteiger partial charge in [-0.15, -0.1) is 11.3 Å². The molecule has 1 aliphatic heterocycles. The fraction of sp³-hybridized carbons (Fsp3) is 0.417. The Morgan fingerprint density at radius 3 is 2.67 bits per heavy atom. The van der Waals surface area contributed by atoms with Gasteiger partial charge in [0.1, 0.15) is 5.58 Å². The zero-order chi connectivity index (χ0) is 20.9. The molecule has 2 aromatic heterocycles. The molecule has 1 fully saturated rings. The summed E-state index contributed by atoms with van der Waals surface area (Å²) < 4.78 is 5.77. The molecule has 0 saturated carbocycles.